The number of hydrogen-bond acceptors (Lipinski definition) is 6. The molecule has 0 aliphatic rings. The van der Waals surface area contributed by atoms with Crippen LogP contribution in [0.3, 0.4) is 0 Å². The van der Waals surface area contributed by atoms with E-state index in [1.54, 1.807) is 0 Å². The summed E-state index contributed by atoms with van der Waals surface area (Å²) in [5.41, 5.74) is 0. The smallest absolute Gasteiger partial charge is 0.306 e. The molecule has 1 atom stereocenters. The summed E-state index contributed by atoms with van der Waals surface area (Å²) >= 11 is 0. The van der Waals surface area contributed by atoms with Crippen LogP contribution < -0.4 is 0 Å². The first-order valence-electron chi connectivity index (χ1n) is 34.7. The molecule has 0 bridgehead atoms. The number of ether oxygens (including phenoxy) is 3. The molecule has 0 fully saturated rings. The van der Waals surface area contributed by atoms with E-state index in [4.69, 9.17) is 14.2 Å². The Balaban J connectivity index is 4.27. The second-order valence-electron chi connectivity index (χ2n) is 23.1. The lowest BCUT2D eigenvalue weighted by molar-refractivity contribution is -0.167. The molecule has 0 heterocycles. The molecule has 466 valence electrons. The van der Waals surface area contributed by atoms with Gasteiger partial charge in [-0.2, -0.15) is 0 Å². The first-order chi connectivity index (χ1) is 40.0. The minimum Gasteiger partial charge on any atom is -0.462 e. The quantitative estimate of drug-likeness (QED) is 0.0261. The molecule has 0 rings (SSSR count). The molecule has 0 saturated heterocycles. The van der Waals surface area contributed by atoms with E-state index in [9.17, 15) is 14.4 Å². The summed E-state index contributed by atoms with van der Waals surface area (Å²) in [6, 6.07) is 0. The van der Waals surface area contributed by atoms with Crippen LogP contribution >= 0.6 is 0 Å². The molecule has 6 heteroatoms. The Morgan fingerprint density at radius 2 is 0.481 bits per heavy atom. The summed E-state index contributed by atoms with van der Waals surface area (Å²) < 4.78 is 16.9. The third-order valence-electron chi connectivity index (χ3n) is 15.1. The van der Waals surface area contributed by atoms with Crippen LogP contribution in [0.5, 0.6) is 0 Å². The van der Waals surface area contributed by atoms with Gasteiger partial charge >= 0.3 is 17.9 Å². The maximum atomic E-state index is 12.9. The van der Waals surface area contributed by atoms with Crippen molar-refractivity contribution in [1.82, 2.24) is 0 Å². The number of rotatable bonds is 63. The number of hydrogen-bond donors (Lipinski definition) is 0. The molecule has 0 saturated carbocycles. The Labute approximate surface area is 502 Å². The molecule has 0 aromatic rings. The van der Waals surface area contributed by atoms with E-state index in [0.717, 1.165) is 122 Å². The molecule has 81 heavy (non-hydrogen) atoms. The highest BCUT2D eigenvalue weighted by Crippen LogP contribution is 2.17. The fraction of sp³-hybridized carbons (Fsp3) is 0.747. The number of carbonyl (C=O) groups excluding carboxylic acids is 3. The molecular weight excluding hydrogens is 997 g/mol. The summed E-state index contributed by atoms with van der Waals surface area (Å²) in [5, 5.41) is 0. The second-order valence-corrected chi connectivity index (χ2v) is 23.1. The fourth-order valence-electron chi connectivity index (χ4n) is 9.93. The Hall–Kier alpha value is -3.67. The maximum Gasteiger partial charge on any atom is 0.306 e. The van der Waals surface area contributed by atoms with Gasteiger partial charge in [-0.15, -0.1) is 0 Å². The Kier molecular flexibility index (Phi) is 65.7. The molecule has 0 aromatic heterocycles. The van der Waals surface area contributed by atoms with Crippen molar-refractivity contribution in [3.05, 3.63) is 97.2 Å². The van der Waals surface area contributed by atoms with Gasteiger partial charge in [-0.1, -0.05) is 336 Å². The van der Waals surface area contributed by atoms with Gasteiger partial charge in [0, 0.05) is 19.3 Å². The molecule has 0 amide bonds. The number of carbonyl (C=O) groups is 3. The third-order valence-corrected chi connectivity index (χ3v) is 15.1. The van der Waals surface area contributed by atoms with Crippen molar-refractivity contribution < 1.29 is 28.6 Å². The lowest BCUT2D eigenvalue weighted by atomic mass is 10.0. The lowest BCUT2D eigenvalue weighted by Gasteiger charge is -2.18. The maximum absolute atomic E-state index is 12.9. The van der Waals surface area contributed by atoms with E-state index in [1.807, 2.05) is 0 Å². The first kappa shape index (κ1) is 77.3. The van der Waals surface area contributed by atoms with Crippen LogP contribution in [-0.2, 0) is 28.6 Å². The van der Waals surface area contributed by atoms with E-state index < -0.39 is 6.10 Å². The summed E-state index contributed by atoms with van der Waals surface area (Å²) in [4.78, 5) is 38.3. The van der Waals surface area contributed by atoms with Gasteiger partial charge in [0.2, 0.25) is 0 Å². The van der Waals surface area contributed by atoms with Crippen molar-refractivity contribution in [2.45, 2.75) is 348 Å². The molecule has 0 aliphatic heterocycles. The number of unbranched alkanes of at least 4 members (excludes halogenated alkanes) is 36. The third kappa shape index (κ3) is 67.0. The molecule has 1 unspecified atom stereocenters. The van der Waals surface area contributed by atoms with Crippen molar-refractivity contribution in [3.63, 3.8) is 0 Å². The van der Waals surface area contributed by atoms with Gasteiger partial charge in [0.1, 0.15) is 13.2 Å². The number of allylic oxidation sites excluding steroid dienone is 16. The van der Waals surface area contributed by atoms with Crippen LogP contribution in [0.15, 0.2) is 97.2 Å². The fourth-order valence-corrected chi connectivity index (χ4v) is 9.93. The Morgan fingerprint density at radius 1 is 0.259 bits per heavy atom. The van der Waals surface area contributed by atoms with Crippen LogP contribution in [0, 0.1) is 0 Å². The van der Waals surface area contributed by atoms with Gasteiger partial charge in [-0.3, -0.25) is 14.4 Å². The van der Waals surface area contributed by atoms with Crippen molar-refractivity contribution in [2.75, 3.05) is 13.2 Å². The predicted molar refractivity (Wildman–Crippen MR) is 353 cm³/mol. The topological polar surface area (TPSA) is 78.9 Å². The largest absolute Gasteiger partial charge is 0.462 e. The van der Waals surface area contributed by atoms with Crippen LogP contribution in [0.25, 0.3) is 0 Å². The molecule has 0 aromatic carbocycles. The van der Waals surface area contributed by atoms with Crippen LogP contribution in [0.2, 0.25) is 0 Å². The molecule has 6 nitrogen and oxygen atoms in total. The van der Waals surface area contributed by atoms with Gasteiger partial charge in [-0.25, -0.2) is 0 Å². The van der Waals surface area contributed by atoms with Gasteiger partial charge < -0.3 is 14.2 Å². The van der Waals surface area contributed by atoms with Crippen molar-refractivity contribution in [3.8, 4) is 0 Å². The van der Waals surface area contributed by atoms with Crippen LogP contribution in [0.1, 0.15) is 342 Å². The average Bonchev–Trinajstić information content (AvgIpc) is 3.47. The summed E-state index contributed by atoms with van der Waals surface area (Å²) in [6.45, 7) is 6.55. The highest BCUT2D eigenvalue weighted by Gasteiger charge is 2.19. The zero-order chi connectivity index (χ0) is 58.5. The Morgan fingerprint density at radius 3 is 0.753 bits per heavy atom. The average molecular weight is 1130 g/mol. The van der Waals surface area contributed by atoms with E-state index in [1.165, 1.54) is 180 Å². The second kappa shape index (κ2) is 68.8. The SMILES string of the molecule is CC/C=C\C/C=C\C/C=C\C/C=C\C/C=C\C/C=C\C/C=C\C/C=C\CCCCCCCCC(=O)OCC(COC(=O)CCCCCCCCCCCCC)OC(=O)CCCCCCCCCCCCCCCCCCCCCCC. The van der Waals surface area contributed by atoms with E-state index in [2.05, 4.69) is 118 Å². The first-order valence-corrected chi connectivity index (χ1v) is 34.7. The minimum absolute atomic E-state index is 0.0772. The van der Waals surface area contributed by atoms with E-state index in [0.29, 0.717) is 19.3 Å². The molecule has 0 radical (unpaired) electrons. The van der Waals surface area contributed by atoms with Crippen molar-refractivity contribution >= 4 is 17.9 Å². The summed E-state index contributed by atoms with van der Waals surface area (Å²) in [6.07, 6.45) is 92.9. The van der Waals surface area contributed by atoms with Crippen LogP contribution in [0.4, 0.5) is 0 Å². The zero-order valence-electron chi connectivity index (χ0n) is 53.5. The van der Waals surface area contributed by atoms with E-state index in [-0.39, 0.29) is 31.1 Å². The Bertz CT molecular complexity index is 1580. The predicted octanol–water partition coefficient (Wildman–Crippen LogP) is 24.0. The number of esters is 3. The van der Waals surface area contributed by atoms with Crippen molar-refractivity contribution in [1.29, 1.82) is 0 Å². The van der Waals surface area contributed by atoms with Gasteiger partial charge in [-0.05, 0) is 83.5 Å². The monoisotopic (exact) mass is 1130 g/mol. The molecule has 0 N–H and O–H groups in total. The summed E-state index contributed by atoms with van der Waals surface area (Å²) in [5.74, 6) is -0.876. The molecule has 0 aliphatic carbocycles. The van der Waals surface area contributed by atoms with Crippen molar-refractivity contribution in [2.24, 2.45) is 0 Å². The van der Waals surface area contributed by atoms with E-state index >= 15 is 0 Å². The van der Waals surface area contributed by atoms with Gasteiger partial charge in [0.15, 0.2) is 6.10 Å². The van der Waals surface area contributed by atoms with Crippen LogP contribution in [-0.4, -0.2) is 37.2 Å². The summed E-state index contributed by atoms with van der Waals surface area (Å²) in [7, 11) is 0. The highest BCUT2D eigenvalue weighted by molar-refractivity contribution is 5.71. The normalized spacial score (nSPS) is 12.7. The minimum atomic E-state index is -0.781. The standard InChI is InChI=1S/C75H130O6/c1-4-7-10-13-16-19-22-24-26-28-30-32-33-34-35-36-37-38-39-40-41-43-44-46-48-50-53-56-59-62-65-68-74(77)80-71-72(70-79-73(76)67-64-61-58-55-52-21-18-15-12-9-6-3)81-75(78)69-66-63-60-57-54-51-49-47-45-42-31-29-27-25-23-20-17-14-11-8-5-2/h7,10,16,19,24,26,30,32,34-35,37-38,40-41,44,46,72H,4-6,8-9,11-15,17-18,20-23,25,27-29,31,33,36,39,42-43,45,47-71H2,1-3H3/b10-7-,19-16-,26-24-,32-30-,35-34-,38-37-,41-40-,46-44-. The molecular formula is C75H130O6. The zero-order valence-corrected chi connectivity index (χ0v) is 53.5. The van der Waals surface area contributed by atoms with Gasteiger partial charge in [0.05, 0.1) is 0 Å². The lowest BCUT2D eigenvalue weighted by Crippen LogP contribution is -2.30. The highest BCUT2D eigenvalue weighted by atomic mass is 16.6. The van der Waals surface area contributed by atoms with Gasteiger partial charge in [0.25, 0.3) is 0 Å². The molecule has 0 spiro atoms.